The fourth-order valence-corrected chi connectivity index (χ4v) is 2.04. The molecule has 82 valence electrons. The summed E-state index contributed by atoms with van der Waals surface area (Å²) in [5.74, 6) is -0.867. The van der Waals surface area contributed by atoms with Gasteiger partial charge in [0.15, 0.2) is 5.79 Å². The maximum absolute atomic E-state index is 10.1. The molecule has 1 aliphatic rings. The highest BCUT2D eigenvalue weighted by Crippen LogP contribution is 2.29. The van der Waals surface area contributed by atoms with Crippen LogP contribution in [0.15, 0.2) is 30.3 Å². The van der Waals surface area contributed by atoms with Gasteiger partial charge in [-0.05, 0) is 18.4 Å². The van der Waals surface area contributed by atoms with E-state index in [9.17, 15) is 5.11 Å². The Kier molecular flexibility index (Phi) is 3.39. The summed E-state index contributed by atoms with van der Waals surface area (Å²) in [6.45, 7) is 0.511. The van der Waals surface area contributed by atoms with Crippen molar-refractivity contribution in [1.82, 2.24) is 0 Å². The molecule has 1 saturated carbocycles. The van der Waals surface area contributed by atoms with Gasteiger partial charge in [-0.2, -0.15) is 0 Å². The monoisotopic (exact) mass is 206 g/mol. The first-order valence-corrected chi connectivity index (χ1v) is 5.69. The molecule has 0 aromatic heterocycles. The minimum Gasteiger partial charge on any atom is -0.365 e. The van der Waals surface area contributed by atoms with Crippen LogP contribution in [0.5, 0.6) is 0 Å². The van der Waals surface area contributed by atoms with Crippen LogP contribution in [-0.2, 0) is 11.3 Å². The zero-order chi connectivity index (χ0) is 10.6. The van der Waals surface area contributed by atoms with Gasteiger partial charge in [0.05, 0.1) is 6.61 Å². The van der Waals surface area contributed by atoms with Gasteiger partial charge >= 0.3 is 0 Å². The molecular formula is C13H18O2. The van der Waals surface area contributed by atoms with Crippen LogP contribution in [0.2, 0.25) is 0 Å². The van der Waals surface area contributed by atoms with Gasteiger partial charge < -0.3 is 9.84 Å². The van der Waals surface area contributed by atoms with E-state index in [1.54, 1.807) is 0 Å². The smallest absolute Gasteiger partial charge is 0.165 e. The average molecular weight is 206 g/mol. The lowest BCUT2D eigenvalue weighted by Crippen LogP contribution is -2.34. The Morgan fingerprint density at radius 1 is 1.07 bits per heavy atom. The van der Waals surface area contributed by atoms with E-state index in [0.29, 0.717) is 6.61 Å². The van der Waals surface area contributed by atoms with Crippen molar-refractivity contribution >= 4 is 0 Å². The van der Waals surface area contributed by atoms with Crippen molar-refractivity contribution in [2.75, 3.05) is 0 Å². The largest absolute Gasteiger partial charge is 0.365 e. The Morgan fingerprint density at radius 2 is 1.73 bits per heavy atom. The van der Waals surface area contributed by atoms with E-state index in [0.717, 1.165) is 31.2 Å². The maximum atomic E-state index is 10.1. The second kappa shape index (κ2) is 4.77. The van der Waals surface area contributed by atoms with Crippen molar-refractivity contribution in [1.29, 1.82) is 0 Å². The average Bonchev–Trinajstić information content (AvgIpc) is 2.29. The van der Waals surface area contributed by atoms with E-state index in [4.69, 9.17) is 4.74 Å². The summed E-state index contributed by atoms with van der Waals surface area (Å²) < 4.78 is 5.61. The lowest BCUT2D eigenvalue weighted by Gasteiger charge is -2.31. The van der Waals surface area contributed by atoms with Crippen LogP contribution in [0.3, 0.4) is 0 Å². The summed E-state index contributed by atoms with van der Waals surface area (Å²) in [6.07, 6.45) is 4.92. The lowest BCUT2D eigenvalue weighted by atomic mass is 9.94. The molecule has 15 heavy (non-hydrogen) atoms. The molecule has 2 rings (SSSR count). The number of ether oxygens (including phenoxy) is 1. The normalized spacial score (nSPS) is 20.1. The van der Waals surface area contributed by atoms with Crippen LogP contribution in [0.1, 0.15) is 37.7 Å². The Hall–Kier alpha value is -0.860. The number of rotatable bonds is 3. The minimum absolute atomic E-state index is 0.511. The van der Waals surface area contributed by atoms with Crippen molar-refractivity contribution in [3.8, 4) is 0 Å². The third kappa shape index (κ3) is 3.05. The predicted octanol–water partition coefficient (Wildman–Crippen LogP) is 2.86. The fraction of sp³-hybridized carbons (Fsp3) is 0.538. The van der Waals surface area contributed by atoms with E-state index in [1.165, 1.54) is 6.42 Å². The van der Waals surface area contributed by atoms with Gasteiger partial charge in [-0.15, -0.1) is 0 Å². The van der Waals surface area contributed by atoms with Gasteiger partial charge in [0.25, 0.3) is 0 Å². The molecule has 1 aromatic rings. The SMILES string of the molecule is OC1(OCc2ccccc2)CCCCC1. The van der Waals surface area contributed by atoms with Crippen molar-refractivity contribution in [3.05, 3.63) is 35.9 Å². The zero-order valence-corrected chi connectivity index (χ0v) is 8.98. The second-order valence-corrected chi connectivity index (χ2v) is 4.28. The summed E-state index contributed by atoms with van der Waals surface area (Å²) in [5.41, 5.74) is 1.12. The molecule has 2 heteroatoms. The maximum Gasteiger partial charge on any atom is 0.165 e. The van der Waals surface area contributed by atoms with E-state index in [1.807, 2.05) is 30.3 Å². The van der Waals surface area contributed by atoms with Crippen molar-refractivity contribution in [2.45, 2.75) is 44.5 Å². The summed E-state index contributed by atoms with van der Waals surface area (Å²) in [4.78, 5) is 0. The first kappa shape index (κ1) is 10.7. The molecule has 1 fully saturated rings. The minimum atomic E-state index is -0.867. The molecule has 0 spiro atoms. The van der Waals surface area contributed by atoms with Gasteiger partial charge in [0.2, 0.25) is 0 Å². The molecule has 0 radical (unpaired) electrons. The molecule has 1 aromatic carbocycles. The Labute approximate surface area is 90.9 Å². The molecule has 0 saturated heterocycles. The Balaban J connectivity index is 1.87. The Bertz CT molecular complexity index is 289. The number of aliphatic hydroxyl groups is 1. The van der Waals surface area contributed by atoms with E-state index >= 15 is 0 Å². The second-order valence-electron chi connectivity index (χ2n) is 4.28. The molecule has 0 aliphatic heterocycles. The first-order chi connectivity index (χ1) is 7.29. The number of hydrogen-bond acceptors (Lipinski definition) is 2. The highest BCUT2D eigenvalue weighted by molar-refractivity contribution is 5.13. The van der Waals surface area contributed by atoms with Crippen LogP contribution < -0.4 is 0 Å². The first-order valence-electron chi connectivity index (χ1n) is 5.69. The van der Waals surface area contributed by atoms with Crippen LogP contribution in [0.4, 0.5) is 0 Å². The van der Waals surface area contributed by atoms with Crippen LogP contribution in [0, 0.1) is 0 Å². The van der Waals surface area contributed by atoms with Crippen LogP contribution in [0.25, 0.3) is 0 Å². The fourth-order valence-electron chi connectivity index (χ4n) is 2.04. The van der Waals surface area contributed by atoms with Gasteiger partial charge in [-0.3, -0.25) is 0 Å². The lowest BCUT2D eigenvalue weighted by molar-refractivity contribution is -0.227. The topological polar surface area (TPSA) is 29.5 Å². The third-order valence-electron chi connectivity index (χ3n) is 2.99. The third-order valence-corrected chi connectivity index (χ3v) is 2.99. The highest BCUT2D eigenvalue weighted by Gasteiger charge is 2.29. The predicted molar refractivity (Wildman–Crippen MR) is 59.3 cm³/mol. The summed E-state index contributed by atoms with van der Waals surface area (Å²) in [6, 6.07) is 10.0. The van der Waals surface area contributed by atoms with Gasteiger partial charge in [-0.1, -0.05) is 36.8 Å². The molecule has 0 heterocycles. The molecule has 0 unspecified atom stereocenters. The molecular weight excluding hydrogens is 188 g/mol. The van der Waals surface area contributed by atoms with Crippen molar-refractivity contribution in [3.63, 3.8) is 0 Å². The summed E-state index contributed by atoms with van der Waals surface area (Å²) >= 11 is 0. The van der Waals surface area contributed by atoms with Crippen LogP contribution in [-0.4, -0.2) is 10.9 Å². The van der Waals surface area contributed by atoms with E-state index < -0.39 is 5.79 Å². The van der Waals surface area contributed by atoms with Gasteiger partial charge in [-0.25, -0.2) is 0 Å². The van der Waals surface area contributed by atoms with E-state index in [2.05, 4.69) is 0 Å². The summed E-state index contributed by atoms with van der Waals surface area (Å²) in [5, 5.41) is 10.1. The molecule has 2 nitrogen and oxygen atoms in total. The molecule has 1 N–H and O–H groups in total. The van der Waals surface area contributed by atoms with Crippen molar-refractivity contribution in [2.24, 2.45) is 0 Å². The standard InChI is InChI=1S/C13H18O2/c14-13(9-5-2-6-10-13)15-11-12-7-3-1-4-8-12/h1,3-4,7-8,14H,2,5-6,9-11H2. The Morgan fingerprint density at radius 3 is 2.40 bits per heavy atom. The molecule has 1 aliphatic carbocycles. The summed E-state index contributed by atoms with van der Waals surface area (Å²) in [7, 11) is 0. The van der Waals surface area contributed by atoms with Gasteiger partial charge in [0, 0.05) is 12.8 Å². The molecule has 0 amide bonds. The highest BCUT2D eigenvalue weighted by atomic mass is 16.6. The van der Waals surface area contributed by atoms with Crippen molar-refractivity contribution < 1.29 is 9.84 Å². The van der Waals surface area contributed by atoms with Gasteiger partial charge in [0.1, 0.15) is 0 Å². The quantitative estimate of drug-likeness (QED) is 0.770. The number of benzene rings is 1. The molecule has 0 bridgehead atoms. The molecule has 0 atom stereocenters. The van der Waals surface area contributed by atoms with Crippen LogP contribution >= 0.6 is 0 Å². The zero-order valence-electron chi connectivity index (χ0n) is 8.98. The number of hydrogen-bond donors (Lipinski definition) is 1. The van der Waals surface area contributed by atoms with E-state index in [-0.39, 0.29) is 0 Å².